The molecular formula is C11H17N3O4. The van der Waals surface area contributed by atoms with Crippen LogP contribution >= 0.6 is 0 Å². The van der Waals surface area contributed by atoms with E-state index in [4.69, 9.17) is 4.74 Å². The topological polar surface area (TPSA) is 90.4 Å². The average molecular weight is 255 g/mol. The van der Waals surface area contributed by atoms with Crippen molar-refractivity contribution in [2.45, 2.75) is 44.9 Å². The van der Waals surface area contributed by atoms with Gasteiger partial charge in [0.2, 0.25) is 0 Å². The van der Waals surface area contributed by atoms with Crippen LogP contribution in [-0.4, -0.2) is 32.5 Å². The van der Waals surface area contributed by atoms with Gasteiger partial charge in [-0.3, -0.25) is 0 Å². The van der Waals surface area contributed by atoms with Crippen LogP contribution in [0.25, 0.3) is 0 Å². The van der Waals surface area contributed by atoms with E-state index in [-0.39, 0.29) is 24.1 Å². The smallest absolute Gasteiger partial charge is 0.390 e. The van der Waals surface area contributed by atoms with E-state index in [1.807, 2.05) is 20.8 Å². The number of rotatable bonds is 2. The Morgan fingerprint density at radius 3 is 2.72 bits per heavy atom. The number of aromatic nitrogens is 2. The van der Waals surface area contributed by atoms with E-state index in [1.165, 1.54) is 6.07 Å². The maximum absolute atomic E-state index is 10.8. The second-order valence-corrected chi connectivity index (χ2v) is 5.48. The molecule has 0 spiro atoms. The number of aliphatic hydroxyl groups is 1. The van der Waals surface area contributed by atoms with Crippen LogP contribution in [0.15, 0.2) is 6.07 Å². The number of hydrogen-bond acceptors (Lipinski definition) is 5. The highest BCUT2D eigenvalue weighted by molar-refractivity contribution is 5.25. The van der Waals surface area contributed by atoms with Gasteiger partial charge in [0.1, 0.15) is 6.10 Å². The summed E-state index contributed by atoms with van der Waals surface area (Å²) < 4.78 is 7.05. The molecule has 7 heteroatoms. The molecule has 2 unspecified atom stereocenters. The van der Waals surface area contributed by atoms with Crippen LogP contribution in [0, 0.1) is 10.1 Å². The summed E-state index contributed by atoms with van der Waals surface area (Å²) >= 11 is 0. The Morgan fingerprint density at radius 2 is 2.28 bits per heavy atom. The van der Waals surface area contributed by atoms with E-state index in [0.717, 1.165) is 0 Å². The molecule has 1 fully saturated rings. The molecule has 7 nitrogen and oxygen atoms in total. The lowest BCUT2D eigenvalue weighted by Crippen LogP contribution is -2.26. The molecule has 0 radical (unpaired) electrons. The van der Waals surface area contributed by atoms with Crippen LogP contribution in [0.3, 0.4) is 0 Å². The van der Waals surface area contributed by atoms with Crippen molar-refractivity contribution < 1.29 is 14.8 Å². The second-order valence-electron chi connectivity index (χ2n) is 5.48. The molecule has 2 heterocycles. The van der Waals surface area contributed by atoms with Gasteiger partial charge in [0, 0.05) is 6.42 Å². The van der Waals surface area contributed by atoms with Gasteiger partial charge in [-0.25, -0.2) is 0 Å². The molecular weight excluding hydrogens is 238 g/mol. The van der Waals surface area contributed by atoms with Crippen molar-refractivity contribution >= 4 is 5.82 Å². The molecule has 0 saturated carbocycles. The Kier molecular flexibility index (Phi) is 3.12. The number of ether oxygens (including phenoxy) is 1. The normalized spacial score (nSPS) is 24.4. The van der Waals surface area contributed by atoms with E-state index in [9.17, 15) is 15.2 Å². The maximum atomic E-state index is 10.8. The summed E-state index contributed by atoms with van der Waals surface area (Å²) in [6.45, 7) is 6.00. The molecule has 1 aromatic heterocycles. The highest BCUT2D eigenvalue weighted by atomic mass is 16.6. The van der Waals surface area contributed by atoms with Gasteiger partial charge in [-0.2, -0.15) is 4.68 Å². The maximum Gasteiger partial charge on any atom is 0.390 e. The molecule has 2 rings (SSSR count). The third kappa shape index (κ3) is 2.37. The predicted molar refractivity (Wildman–Crippen MR) is 63.2 cm³/mol. The van der Waals surface area contributed by atoms with Gasteiger partial charge in [-0.1, -0.05) is 0 Å². The number of nitro groups is 1. The van der Waals surface area contributed by atoms with Crippen LogP contribution in [-0.2, 0) is 10.3 Å². The zero-order chi connectivity index (χ0) is 13.5. The van der Waals surface area contributed by atoms with Crippen molar-refractivity contribution in [3.63, 3.8) is 0 Å². The summed E-state index contributed by atoms with van der Waals surface area (Å²) in [6, 6.07) is 1.42. The van der Waals surface area contributed by atoms with Crippen molar-refractivity contribution in [2.75, 3.05) is 6.61 Å². The first-order valence-corrected chi connectivity index (χ1v) is 5.83. The average Bonchev–Trinajstić information content (AvgIpc) is 2.81. The minimum absolute atomic E-state index is 0.190. The van der Waals surface area contributed by atoms with Gasteiger partial charge in [-0.05, 0) is 25.7 Å². The van der Waals surface area contributed by atoms with Gasteiger partial charge in [0.05, 0.1) is 35.1 Å². The van der Waals surface area contributed by atoms with Gasteiger partial charge in [0.25, 0.3) is 0 Å². The van der Waals surface area contributed by atoms with E-state index in [1.54, 1.807) is 4.68 Å². The fraction of sp³-hybridized carbons (Fsp3) is 0.727. The van der Waals surface area contributed by atoms with Gasteiger partial charge in [0.15, 0.2) is 0 Å². The molecule has 2 atom stereocenters. The molecule has 0 amide bonds. The zero-order valence-corrected chi connectivity index (χ0v) is 10.7. The van der Waals surface area contributed by atoms with Crippen LogP contribution in [0.4, 0.5) is 5.82 Å². The van der Waals surface area contributed by atoms with Crippen molar-refractivity contribution in [2.24, 2.45) is 0 Å². The van der Waals surface area contributed by atoms with E-state index >= 15 is 0 Å². The highest BCUT2D eigenvalue weighted by Gasteiger charge is 2.35. The van der Waals surface area contributed by atoms with Crippen molar-refractivity contribution in [3.05, 3.63) is 21.9 Å². The molecule has 0 bridgehead atoms. The van der Waals surface area contributed by atoms with E-state index in [2.05, 4.69) is 5.10 Å². The Morgan fingerprint density at radius 1 is 1.61 bits per heavy atom. The van der Waals surface area contributed by atoms with Crippen molar-refractivity contribution in [3.8, 4) is 0 Å². The number of nitrogens with zero attached hydrogens (tertiary/aromatic N) is 3. The SMILES string of the molecule is CC(C)(C)n1nc([N+](=O)[O-])cc1C1CC(O)CO1. The van der Waals surface area contributed by atoms with Crippen LogP contribution < -0.4 is 0 Å². The van der Waals surface area contributed by atoms with Gasteiger partial charge < -0.3 is 20.0 Å². The Balaban J connectivity index is 2.41. The van der Waals surface area contributed by atoms with Crippen LogP contribution in [0.5, 0.6) is 0 Å². The lowest BCUT2D eigenvalue weighted by molar-refractivity contribution is -0.389. The largest absolute Gasteiger partial charge is 0.391 e. The fourth-order valence-electron chi connectivity index (χ4n) is 2.05. The summed E-state index contributed by atoms with van der Waals surface area (Å²) in [5.74, 6) is -0.190. The highest BCUT2D eigenvalue weighted by Crippen LogP contribution is 2.33. The molecule has 1 aliphatic rings. The lowest BCUT2D eigenvalue weighted by Gasteiger charge is -2.20. The number of hydrogen-bond donors (Lipinski definition) is 1. The predicted octanol–water partition coefficient (Wildman–Crippen LogP) is 1.37. The molecule has 1 aliphatic heterocycles. The van der Waals surface area contributed by atoms with Crippen molar-refractivity contribution in [1.29, 1.82) is 0 Å². The summed E-state index contributed by atoms with van der Waals surface area (Å²) in [4.78, 5) is 10.3. The fourth-order valence-corrected chi connectivity index (χ4v) is 2.05. The van der Waals surface area contributed by atoms with Crippen molar-refractivity contribution in [1.82, 2.24) is 9.78 Å². The minimum Gasteiger partial charge on any atom is -0.391 e. The number of aliphatic hydroxyl groups excluding tert-OH is 1. The molecule has 1 N–H and O–H groups in total. The first-order chi connectivity index (χ1) is 8.29. The summed E-state index contributed by atoms with van der Waals surface area (Å²) in [5, 5.41) is 24.3. The molecule has 1 aromatic rings. The quantitative estimate of drug-likeness (QED) is 0.636. The van der Waals surface area contributed by atoms with E-state index in [0.29, 0.717) is 12.1 Å². The Labute approximate surface area is 105 Å². The van der Waals surface area contributed by atoms with E-state index < -0.39 is 11.0 Å². The second kappa shape index (κ2) is 4.33. The molecule has 1 saturated heterocycles. The molecule has 100 valence electrons. The molecule has 18 heavy (non-hydrogen) atoms. The molecule has 0 aromatic carbocycles. The zero-order valence-electron chi connectivity index (χ0n) is 10.7. The van der Waals surface area contributed by atoms with Gasteiger partial charge >= 0.3 is 5.82 Å². The standard InChI is InChI=1S/C11H17N3O4/c1-11(2,3)13-8(5-10(12-13)14(16)17)9-4-7(15)6-18-9/h5,7,9,15H,4,6H2,1-3H3. The minimum atomic E-state index is -0.517. The Hall–Kier alpha value is -1.47. The van der Waals surface area contributed by atoms with Gasteiger partial charge in [-0.15, -0.1) is 0 Å². The monoisotopic (exact) mass is 255 g/mol. The Bertz CT molecular complexity index is 463. The molecule has 0 aliphatic carbocycles. The van der Waals surface area contributed by atoms with Crippen LogP contribution in [0.1, 0.15) is 39.0 Å². The summed E-state index contributed by atoms with van der Waals surface area (Å²) in [6.07, 6.45) is -0.406. The summed E-state index contributed by atoms with van der Waals surface area (Å²) in [5.41, 5.74) is 0.270. The third-order valence-electron chi connectivity index (χ3n) is 2.85. The third-order valence-corrected chi connectivity index (χ3v) is 2.85. The lowest BCUT2D eigenvalue weighted by atomic mass is 10.1. The van der Waals surface area contributed by atoms with Crippen LogP contribution in [0.2, 0.25) is 0 Å². The summed E-state index contributed by atoms with van der Waals surface area (Å²) in [7, 11) is 0. The first-order valence-electron chi connectivity index (χ1n) is 5.83. The first kappa shape index (κ1) is 13.0.